The van der Waals surface area contributed by atoms with E-state index in [-0.39, 0.29) is 11.7 Å². The summed E-state index contributed by atoms with van der Waals surface area (Å²) in [6.07, 6.45) is 1.39. The summed E-state index contributed by atoms with van der Waals surface area (Å²) < 4.78 is 36.3. The first-order valence-corrected chi connectivity index (χ1v) is 9.42. The molecule has 0 unspecified atom stereocenters. The summed E-state index contributed by atoms with van der Waals surface area (Å²) in [4.78, 5) is 2.30. The predicted octanol–water partition coefficient (Wildman–Crippen LogP) is 3.25. The van der Waals surface area contributed by atoms with Crippen molar-refractivity contribution in [2.45, 2.75) is 4.90 Å². The molecule has 120 valence electrons. The third-order valence-corrected chi connectivity index (χ3v) is 5.45. The lowest BCUT2D eigenvalue weighted by Crippen LogP contribution is -2.18. The first-order chi connectivity index (χ1) is 11.0. The maximum Gasteiger partial charge on any atom is 0.276 e. The second kappa shape index (κ2) is 6.50. The third kappa shape index (κ3) is 3.67. The van der Waals surface area contributed by atoms with Gasteiger partial charge in [0, 0.05) is 14.5 Å². The van der Waals surface area contributed by atoms with Crippen LogP contribution in [0.1, 0.15) is 5.56 Å². The molecule has 6 nitrogen and oxygen atoms in total. The van der Waals surface area contributed by atoms with Crippen LogP contribution in [0.2, 0.25) is 0 Å². The normalized spacial score (nSPS) is 13.5. The summed E-state index contributed by atoms with van der Waals surface area (Å²) in [6, 6.07) is 9.72. The summed E-state index contributed by atoms with van der Waals surface area (Å²) in [6.45, 7) is 0.165. The quantitative estimate of drug-likeness (QED) is 0.560. The van der Waals surface area contributed by atoms with Gasteiger partial charge in [0.15, 0.2) is 11.5 Å². The molecule has 0 spiro atoms. The minimum atomic E-state index is -3.71. The fraction of sp³-hybridized carbons (Fsp3) is 0.0714. The number of hydrogen-bond acceptors (Lipinski definition) is 5. The van der Waals surface area contributed by atoms with Crippen LogP contribution in [0, 0.1) is 0 Å². The monoisotopic (exact) mass is 460 g/mol. The highest BCUT2D eigenvalue weighted by Gasteiger charge is 2.16. The summed E-state index contributed by atoms with van der Waals surface area (Å²) >= 11 is 6.63. The second-order valence-corrected chi connectivity index (χ2v) is 7.96. The van der Waals surface area contributed by atoms with Crippen LogP contribution in [-0.4, -0.2) is 21.4 Å². The van der Waals surface area contributed by atoms with Gasteiger partial charge in [0.25, 0.3) is 10.0 Å². The molecular formula is C14H10Br2N2O4S. The second-order valence-electron chi connectivity index (χ2n) is 4.53. The van der Waals surface area contributed by atoms with Crippen LogP contribution in [0.5, 0.6) is 11.5 Å². The van der Waals surface area contributed by atoms with Gasteiger partial charge in [-0.3, -0.25) is 0 Å². The number of nitrogens with one attached hydrogen (secondary N) is 1. The van der Waals surface area contributed by atoms with Gasteiger partial charge in [-0.05, 0) is 52.3 Å². The molecule has 0 saturated heterocycles. The third-order valence-electron chi connectivity index (χ3n) is 2.99. The van der Waals surface area contributed by atoms with Crippen LogP contribution < -0.4 is 14.3 Å². The van der Waals surface area contributed by atoms with Crippen LogP contribution in [0.3, 0.4) is 0 Å². The van der Waals surface area contributed by atoms with Crippen molar-refractivity contribution in [3.05, 3.63) is 50.9 Å². The number of sulfonamides is 1. The SMILES string of the molecule is O=S(=O)(N/N=C/c1cc2c(cc1Br)OCO2)c1ccc(Br)cc1. The minimum Gasteiger partial charge on any atom is -0.454 e. The lowest BCUT2D eigenvalue weighted by molar-refractivity contribution is 0.174. The Morgan fingerprint density at radius 1 is 1.09 bits per heavy atom. The molecule has 1 aliphatic heterocycles. The maximum absolute atomic E-state index is 12.1. The van der Waals surface area contributed by atoms with E-state index in [0.29, 0.717) is 21.5 Å². The van der Waals surface area contributed by atoms with Gasteiger partial charge in [-0.2, -0.15) is 13.5 Å². The van der Waals surface area contributed by atoms with Crippen molar-refractivity contribution >= 4 is 48.1 Å². The fourth-order valence-electron chi connectivity index (χ4n) is 1.86. The first kappa shape index (κ1) is 16.3. The molecule has 9 heteroatoms. The molecular weight excluding hydrogens is 452 g/mol. The Bertz CT molecular complexity index is 867. The zero-order chi connectivity index (χ0) is 16.4. The van der Waals surface area contributed by atoms with Crippen LogP contribution in [0.4, 0.5) is 0 Å². The Hall–Kier alpha value is -1.58. The average molecular weight is 462 g/mol. The zero-order valence-electron chi connectivity index (χ0n) is 11.5. The highest BCUT2D eigenvalue weighted by Crippen LogP contribution is 2.36. The van der Waals surface area contributed by atoms with Crippen LogP contribution in [0.15, 0.2) is 55.3 Å². The maximum atomic E-state index is 12.1. The summed E-state index contributed by atoms with van der Waals surface area (Å²) in [5, 5.41) is 3.80. The first-order valence-electron chi connectivity index (χ1n) is 6.35. The molecule has 0 radical (unpaired) electrons. The number of benzene rings is 2. The van der Waals surface area contributed by atoms with Crippen molar-refractivity contribution in [1.82, 2.24) is 4.83 Å². The van der Waals surface area contributed by atoms with Gasteiger partial charge in [-0.1, -0.05) is 15.9 Å². The number of rotatable bonds is 4. The minimum absolute atomic E-state index is 0.127. The Morgan fingerprint density at radius 3 is 2.43 bits per heavy atom. The molecule has 0 amide bonds. The number of ether oxygens (including phenoxy) is 2. The number of fused-ring (bicyclic) bond motifs is 1. The van der Waals surface area contributed by atoms with E-state index in [4.69, 9.17) is 9.47 Å². The van der Waals surface area contributed by atoms with Gasteiger partial charge >= 0.3 is 0 Å². The molecule has 3 rings (SSSR count). The van der Waals surface area contributed by atoms with Crippen molar-refractivity contribution in [2.24, 2.45) is 5.10 Å². The molecule has 0 fully saturated rings. The van der Waals surface area contributed by atoms with Gasteiger partial charge < -0.3 is 9.47 Å². The van der Waals surface area contributed by atoms with Crippen molar-refractivity contribution in [1.29, 1.82) is 0 Å². The highest BCUT2D eigenvalue weighted by atomic mass is 79.9. The Labute approximate surface area is 149 Å². The topological polar surface area (TPSA) is 77.0 Å². The van der Waals surface area contributed by atoms with Crippen LogP contribution in [0.25, 0.3) is 0 Å². The van der Waals surface area contributed by atoms with Crippen LogP contribution >= 0.6 is 31.9 Å². The molecule has 23 heavy (non-hydrogen) atoms. The fourth-order valence-corrected chi connectivity index (χ4v) is 3.34. The number of hydrazone groups is 1. The highest BCUT2D eigenvalue weighted by molar-refractivity contribution is 9.10. The van der Waals surface area contributed by atoms with E-state index < -0.39 is 10.0 Å². The van der Waals surface area contributed by atoms with Crippen LogP contribution in [-0.2, 0) is 10.0 Å². The van der Waals surface area contributed by atoms with Crippen molar-refractivity contribution in [2.75, 3.05) is 6.79 Å². The summed E-state index contributed by atoms with van der Waals surface area (Å²) in [5.41, 5.74) is 0.660. The van der Waals surface area contributed by atoms with Crippen molar-refractivity contribution in [3.63, 3.8) is 0 Å². The predicted molar refractivity (Wildman–Crippen MR) is 92.3 cm³/mol. The molecule has 0 bridgehead atoms. The van der Waals surface area contributed by atoms with E-state index >= 15 is 0 Å². The molecule has 0 aliphatic carbocycles. The van der Waals surface area contributed by atoms with Gasteiger partial charge in [0.1, 0.15) is 0 Å². The molecule has 1 aliphatic rings. The Kier molecular flexibility index (Phi) is 4.60. The van der Waals surface area contributed by atoms with E-state index in [1.54, 1.807) is 24.3 Å². The summed E-state index contributed by atoms with van der Waals surface area (Å²) in [5.74, 6) is 1.22. The molecule has 2 aromatic rings. The van der Waals surface area contributed by atoms with E-state index in [2.05, 4.69) is 41.8 Å². The van der Waals surface area contributed by atoms with Gasteiger partial charge in [0.2, 0.25) is 6.79 Å². The van der Waals surface area contributed by atoms with Gasteiger partial charge in [0.05, 0.1) is 11.1 Å². The van der Waals surface area contributed by atoms with Gasteiger partial charge in [-0.15, -0.1) is 0 Å². The number of nitrogens with zero attached hydrogens (tertiary/aromatic N) is 1. The number of hydrogen-bond donors (Lipinski definition) is 1. The Morgan fingerprint density at radius 2 is 1.74 bits per heavy atom. The van der Waals surface area contributed by atoms with E-state index in [0.717, 1.165) is 4.47 Å². The van der Waals surface area contributed by atoms with Crippen molar-refractivity contribution < 1.29 is 17.9 Å². The van der Waals surface area contributed by atoms with E-state index in [1.807, 2.05) is 0 Å². The zero-order valence-corrected chi connectivity index (χ0v) is 15.5. The molecule has 0 aromatic heterocycles. The molecule has 0 saturated carbocycles. The standard InChI is InChI=1S/C14H10Br2N2O4S/c15-10-1-3-11(4-2-10)23(19,20)18-17-7-9-5-13-14(6-12(9)16)22-8-21-13/h1-7,18H,8H2/b17-7+. The van der Waals surface area contributed by atoms with E-state index in [1.165, 1.54) is 18.3 Å². The number of halogens is 2. The molecule has 1 N–H and O–H groups in total. The van der Waals surface area contributed by atoms with Crippen molar-refractivity contribution in [3.8, 4) is 11.5 Å². The average Bonchev–Trinajstić information content (AvgIpc) is 2.95. The Balaban J connectivity index is 1.77. The van der Waals surface area contributed by atoms with Gasteiger partial charge in [-0.25, -0.2) is 4.83 Å². The molecule has 2 aromatic carbocycles. The summed E-state index contributed by atoms with van der Waals surface area (Å²) in [7, 11) is -3.71. The van der Waals surface area contributed by atoms with E-state index in [9.17, 15) is 8.42 Å². The molecule has 0 atom stereocenters. The lowest BCUT2D eigenvalue weighted by atomic mass is 10.2. The smallest absolute Gasteiger partial charge is 0.276 e. The largest absolute Gasteiger partial charge is 0.454 e. The lowest BCUT2D eigenvalue weighted by Gasteiger charge is -2.04. The molecule has 1 heterocycles.